The molecule has 1 aliphatic rings. The fourth-order valence-electron chi connectivity index (χ4n) is 8.83. The molecule has 0 aliphatic carbocycles. The maximum absolute atomic E-state index is 12.4. The van der Waals surface area contributed by atoms with Gasteiger partial charge in [-0.2, -0.15) is 0 Å². The second kappa shape index (κ2) is 42.1. The minimum Gasteiger partial charge on any atom is -0.466 e. The molecule has 1 fully saturated rings. The maximum atomic E-state index is 12.4. The Kier molecular flexibility index (Phi) is 39.9. The van der Waals surface area contributed by atoms with Crippen LogP contribution in [0.3, 0.4) is 0 Å². The average molecular weight is 835 g/mol. The second-order valence-electron chi connectivity index (χ2n) is 18.7. The van der Waals surface area contributed by atoms with Crippen LogP contribution in [0.1, 0.15) is 246 Å². The molecule has 0 atom stereocenters. The van der Waals surface area contributed by atoms with Gasteiger partial charge in [-0.15, -0.1) is 0 Å². The van der Waals surface area contributed by atoms with E-state index in [0.29, 0.717) is 44.0 Å². The Morgan fingerprint density at radius 1 is 0.424 bits per heavy atom. The van der Waals surface area contributed by atoms with Gasteiger partial charge in [-0.05, 0) is 76.8 Å². The third-order valence-corrected chi connectivity index (χ3v) is 13.1. The summed E-state index contributed by atoms with van der Waals surface area (Å²) in [5, 5.41) is 0. The molecule has 350 valence electrons. The maximum Gasteiger partial charge on any atom is 0.305 e. The summed E-state index contributed by atoms with van der Waals surface area (Å²) in [4.78, 5) is 29.9. The van der Waals surface area contributed by atoms with Gasteiger partial charge in [0.15, 0.2) is 0 Å². The molecule has 59 heavy (non-hydrogen) atoms. The number of piperazine rings is 1. The lowest BCUT2D eigenvalue weighted by Crippen LogP contribution is -2.44. The lowest BCUT2D eigenvalue weighted by atomic mass is 9.92. The highest BCUT2D eigenvalue weighted by Gasteiger charge is 2.15. The summed E-state index contributed by atoms with van der Waals surface area (Å²) >= 11 is 0. The van der Waals surface area contributed by atoms with Gasteiger partial charge in [-0.25, -0.2) is 0 Å². The first kappa shape index (κ1) is 55.8. The van der Waals surface area contributed by atoms with Crippen LogP contribution in [0.15, 0.2) is 0 Å². The van der Waals surface area contributed by atoms with Crippen molar-refractivity contribution in [2.75, 3.05) is 59.6 Å². The predicted octanol–water partition coefficient (Wildman–Crippen LogP) is 14.3. The van der Waals surface area contributed by atoms with Crippen molar-refractivity contribution in [1.29, 1.82) is 0 Å². The Bertz CT molecular complexity index is 834. The molecular weight excluding hydrogens is 733 g/mol. The third kappa shape index (κ3) is 36.1. The van der Waals surface area contributed by atoms with E-state index >= 15 is 0 Å². The normalized spacial score (nSPS) is 14.0. The smallest absolute Gasteiger partial charge is 0.305 e. The van der Waals surface area contributed by atoms with Crippen LogP contribution < -0.4 is 0 Å². The number of hydrogen-bond donors (Lipinski definition) is 0. The van der Waals surface area contributed by atoms with Gasteiger partial charge >= 0.3 is 11.9 Å². The lowest BCUT2D eigenvalue weighted by molar-refractivity contribution is -0.145. The zero-order valence-electron chi connectivity index (χ0n) is 40.4. The van der Waals surface area contributed by atoms with E-state index in [4.69, 9.17) is 14.2 Å². The Balaban J connectivity index is 2.29. The molecule has 0 N–H and O–H groups in total. The molecule has 1 rings (SSSR count). The molecule has 0 aromatic heterocycles. The molecule has 0 radical (unpaired) electrons. The van der Waals surface area contributed by atoms with Crippen molar-refractivity contribution in [2.24, 2.45) is 11.8 Å². The number of unbranched alkanes of at least 4 members (excludes halogenated alkanes) is 17. The Morgan fingerprint density at radius 2 is 0.814 bits per heavy atom. The largest absolute Gasteiger partial charge is 0.466 e. The number of nitrogens with zero attached hydrogens (tertiary/aromatic N) is 2. The molecule has 1 saturated heterocycles. The van der Waals surface area contributed by atoms with E-state index in [1.54, 1.807) is 0 Å². The molecule has 0 spiro atoms. The molecule has 0 amide bonds. The van der Waals surface area contributed by atoms with Crippen molar-refractivity contribution >= 4 is 11.9 Å². The fourth-order valence-corrected chi connectivity index (χ4v) is 8.83. The second-order valence-corrected chi connectivity index (χ2v) is 18.7. The SMILES string of the molecule is CCCCCC(CCCCC)CCOC(=O)CCCCCCCC(CCCCCCCC(=O)OCCC(CCCCC)CCCCC)OCCCCN1CCN(C)CC1. The number of ether oxygens (including phenoxy) is 3. The van der Waals surface area contributed by atoms with Gasteiger partial charge < -0.3 is 24.0 Å². The van der Waals surface area contributed by atoms with Gasteiger partial charge in [0.25, 0.3) is 0 Å². The Labute approximate surface area is 368 Å². The quantitative estimate of drug-likeness (QED) is 0.0447. The van der Waals surface area contributed by atoms with Crippen LogP contribution >= 0.6 is 0 Å². The number of esters is 2. The number of likely N-dealkylation sites (N-methyl/N-ethyl adjacent to an activating group) is 1. The summed E-state index contributed by atoms with van der Waals surface area (Å²) in [6.45, 7) is 17.1. The molecule has 0 saturated carbocycles. The van der Waals surface area contributed by atoms with Gasteiger partial charge in [-0.3, -0.25) is 9.59 Å². The first-order valence-electron chi connectivity index (χ1n) is 26.2. The fraction of sp³-hybridized carbons (Fsp3) is 0.962. The number of carbonyl (C=O) groups excluding carboxylic acids is 2. The molecule has 0 unspecified atom stereocenters. The van der Waals surface area contributed by atoms with Crippen molar-refractivity contribution in [3.63, 3.8) is 0 Å². The van der Waals surface area contributed by atoms with E-state index in [9.17, 15) is 9.59 Å². The minimum absolute atomic E-state index is 0.00146. The van der Waals surface area contributed by atoms with Gasteiger partial charge in [0.2, 0.25) is 0 Å². The highest BCUT2D eigenvalue weighted by atomic mass is 16.5. The molecule has 0 aromatic carbocycles. The van der Waals surface area contributed by atoms with Gasteiger partial charge in [0.1, 0.15) is 0 Å². The molecule has 7 nitrogen and oxygen atoms in total. The van der Waals surface area contributed by atoms with Crippen LogP contribution in [0.25, 0.3) is 0 Å². The van der Waals surface area contributed by atoms with Crippen molar-refractivity contribution in [2.45, 2.75) is 252 Å². The zero-order valence-corrected chi connectivity index (χ0v) is 40.4. The molecule has 7 heteroatoms. The van der Waals surface area contributed by atoms with Crippen LogP contribution in [-0.2, 0) is 23.8 Å². The van der Waals surface area contributed by atoms with Crippen LogP contribution in [-0.4, -0.2) is 87.4 Å². The summed E-state index contributed by atoms with van der Waals surface area (Å²) < 4.78 is 17.9. The van der Waals surface area contributed by atoms with Crippen molar-refractivity contribution in [1.82, 2.24) is 9.80 Å². The standard InChI is InChI=1S/C52H102N2O5/c1-6-10-20-30-48(31-21-11-7-2)38-46-58-51(55)36-26-18-14-16-24-34-50(57-45-29-28-40-54-43-41-53(5)42-44-54)35-25-17-15-19-27-37-52(56)59-47-39-49(32-22-12-8-3)33-23-13-9-4/h48-50H,6-47H2,1-5H3. The van der Waals surface area contributed by atoms with Crippen LogP contribution in [0, 0.1) is 11.8 Å². The van der Waals surface area contributed by atoms with Gasteiger partial charge in [0.05, 0.1) is 19.3 Å². The van der Waals surface area contributed by atoms with Crippen molar-refractivity contribution in [3.8, 4) is 0 Å². The van der Waals surface area contributed by atoms with Gasteiger partial charge in [-0.1, -0.05) is 182 Å². The average Bonchev–Trinajstić information content (AvgIpc) is 3.23. The highest BCUT2D eigenvalue weighted by Crippen LogP contribution is 2.23. The van der Waals surface area contributed by atoms with E-state index in [2.05, 4.69) is 44.5 Å². The number of carbonyl (C=O) groups is 2. The first-order chi connectivity index (χ1) is 28.9. The Hall–Kier alpha value is -1.18. The van der Waals surface area contributed by atoms with E-state index in [1.165, 1.54) is 180 Å². The first-order valence-corrected chi connectivity index (χ1v) is 26.2. The molecule has 0 bridgehead atoms. The summed E-state index contributed by atoms with van der Waals surface area (Å²) in [7, 11) is 2.22. The van der Waals surface area contributed by atoms with Crippen molar-refractivity contribution in [3.05, 3.63) is 0 Å². The molecule has 1 aliphatic heterocycles. The van der Waals surface area contributed by atoms with E-state index in [0.717, 1.165) is 64.4 Å². The van der Waals surface area contributed by atoms with Crippen molar-refractivity contribution < 1.29 is 23.8 Å². The molecule has 0 aromatic rings. The zero-order chi connectivity index (χ0) is 42.9. The number of hydrogen-bond acceptors (Lipinski definition) is 7. The third-order valence-electron chi connectivity index (χ3n) is 13.1. The van der Waals surface area contributed by atoms with E-state index < -0.39 is 0 Å². The van der Waals surface area contributed by atoms with Crippen LogP contribution in [0.4, 0.5) is 0 Å². The minimum atomic E-state index is 0.00146. The Morgan fingerprint density at radius 3 is 1.24 bits per heavy atom. The summed E-state index contributed by atoms with van der Waals surface area (Å²) in [6.07, 6.45) is 40.2. The molecular formula is C52H102N2O5. The molecule has 1 heterocycles. The predicted molar refractivity (Wildman–Crippen MR) is 252 cm³/mol. The monoisotopic (exact) mass is 835 g/mol. The van der Waals surface area contributed by atoms with Crippen LogP contribution in [0.2, 0.25) is 0 Å². The van der Waals surface area contributed by atoms with E-state index in [1.807, 2.05) is 0 Å². The summed E-state index contributed by atoms with van der Waals surface area (Å²) in [6, 6.07) is 0. The summed E-state index contributed by atoms with van der Waals surface area (Å²) in [5.74, 6) is 1.43. The highest BCUT2D eigenvalue weighted by molar-refractivity contribution is 5.69. The topological polar surface area (TPSA) is 68.3 Å². The number of rotatable bonds is 44. The van der Waals surface area contributed by atoms with E-state index in [-0.39, 0.29) is 11.9 Å². The lowest BCUT2D eigenvalue weighted by Gasteiger charge is -2.32. The van der Waals surface area contributed by atoms with Gasteiger partial charge in [0, 0.05) is 45.6 Å². The summed E-state index contributed by atoms with van der Waals surface area (Å²) in [5.41, 5.74) is 0. The van der Waals surface area contributed by atoms with Crippen LogP contribution in [0.5, 0.6) is 0 Å².